The van der Waals surface area contributed by atoms with Crippen LogP contribution in [0.25, 0.3) is 0 Å². The average Bonchev–Trinajstić information content (AvgIpc) is 1.93. The molecule has 0 heterocycles. The van der Waals surface area contributed by atoms with E-state index in [1.165, 1.54) is 32.1 Å². The fraction of sp³-hybridized carbons (Fsp3) is 0.909. The van der Waals surface area contributed by atoms with Crippen LogP contribution >= 0.6 is 0 Å². The zero-order valence-corrected chi connectivity index (χ0v) is 7.97. The first-order valence-corrected chi connectivity index (χ1v) is 5.01. The number of hydrogen-bond donors (Lipinski definition) is 0. The highest BCUT2D eigenvalue weighted by Gasteiger charge is 2.18. The lowest BCUT2D eigenvalue weighted by Gasteiger charge is -2.27. The van der Waals surface area contributed by atoms with Gasteiger partial charge < -0.3 is 0 Å². The molecule has 0 heteroatoms. The maximum Gasteiger partial charge on any atom is -0.0412 e. The third-order valence-electron chi connectivity index (χ3n) is 2.77. The minimum absolute atomic E-state index is 0.762. The van der Waals surface area contributed by atoms with E-state index in [9.17, 15) is 0 Å². The van der Waals surface area contributed by atoms with Crippen LogP contribution in [0.5, 0.6) is 0 Å². The van der Waals surface area contributed by atoms with Crippen molar-refractivity contribution < 1.29 is 0 Å². The van der Waals surface area contributed by atoms with Gasteiger partial charge in [-0.05, 0) is 24.2 Å². The summed E-state index contributed by atoms with van der Waals surface area (Å²) >= 11 is 0. The average molecular weight is 153 g/mol. The molecule has 1 aliphatic rings. The summed E-state index contributed by atoms with van der Waals surface area (Å²) in [6, 6.07) is 0. The number of rotatable bonds is 2. The predicted octanol–water partition coefficient (Wildman–Crippen LogP) is 3.67. The summed E-state index contributed by atoms with van der Waals surface area (Å²) in [5, 5.41) is 0. The molecule has 0 aromatic rings. The van der Waals surface area contributed by atoms with Gasteiger partial charge in [-0.3, -0.25) is 0 Å². The highest BCUT2D eigenvalue weighted by molar-refractivity contribution is 4.74. The molecule has 0 aliphatic heterocycles. The molecule has 0 atom stereocenters. The first-order valence-electron chi connectivity index (χ1n) is 5.01. The number of hydrogen-bond acceptors (Lipinski definition) is 0. The van der Waals surface area contributed by atoms with Gasteiger partial charge in [0.05, 0.1) is 0 Å². The van der Waals surface area contributed by atoms with Crippen molar-refractivity contribution >= 4 is 0 Å². The van der Waals surface area contributed by atoms with Crippen LogP contribution in [0.1, 0.15) is 46.0 Å². The summed E-state index contributed by atoms with van der Waals surface area (Å²) in [6.07, 6.45) is 7.06. The van der Waals surface area contributed by atoms with Gasteiger partial charge in [0, 0.05) is 0 Å². The van der Waals surface area contributed by atoms with Crippen LogP contribution in [0.15, 0.2) is 0 Å². The standard InChI is InChI=1S/C11H21/c1-9(2)8-11-6-4-10(3)5-7-11/h9-11H,3-8H2,1-2H3. The Labute approximate surface area is 71.4 Å². The van der Waals surface area contributed by atoms with E-state index in [0.29, 0.717) is 0 Å². The topological polar surface area (TPSA) is 0 Å². The fourth-order valence-electron chi connectivity index (χ4n) is 2.13. The maximum atomic E-state index is 4.11. The van der Waals surface area contributed by atoms with E-state index in [2.05, 4.69) is 20.8 Å². The lowest BCUT2D eigenvalue weighted by atomic mass is 9.79. The summed E-state index contributed by atoms with van der Waals surface area (Å²) < 4.78 is 0. The Bertz CT molecular complexity index is 96.6. The van der Waals surface area contributed by atoms with E-state index in [1.54, 1.807) is 0 Å². The molecule has 1 fully saturated rings. The summed E-state index contributed by atoms with van der Waals surface area (Å²) in [6.45, 7) is 8.77. The van der Waals surface area contributed by atoms with Crippen LogP contribution in [0, 0.1) is 24.7 Å². The Morgan fingerprint density at radius 3 is 2.18 bits per heavy atom. The monoisotopic (exact) mass is 153 g/mol. The van der Waals surface area contributed by atoms with E-state index >= 15 is 0 Å². The first-order chi connectivity index (χ1) is 5.18. The van der Waals surface area contributed by atoms with Gasteiger partial charge >= 0.3 is 0 Å². The molecular formula is C11H21. The van der Waals surface area contributed by atoms with Gasteiger partial charge in [-0.15, -0.1) is 0 Å². The van der Waals surface area contributed by atoms with Crippen molar-refractivity contribution in [2.45, 2.75) is 46.0 Å². The SMILES string of the molecule is [CH2]C1CCC(CC(C)C)CC1. The van der Waals surface area contributed by atoms with Crippen LogP contribution in [-0.4, -0.2) is 0 Å². The maximum absolute atomic E-state index is 4.11. The van der Waals surface area contributed by atoms with E-state index < -0.39 is 0 Å². The Morgan fingerprint density at radius 1 is 1.18 bits per heavy atom. The zero-order chi connectivity index (χ0) is 8.27. The quantitative estimate of drug-likeness (QED) is 0.568. The van der Waals surface area contributed by atoms with E-state index in [-0.39, 0.29) is 0 Å². The van der Waals surface area contributed by atoms with E-state index in [4.69, 9.17) is 0 Å². The minimum atomic E-state index is 0.762. The van der Waals surface area contributed by atoms with Gasteiger partial charge in [-0.2, -0.15) is 0 Å². The molecule has 0 unspecified atom stereocenters. The summed E-state index contributed by atoms with van der Waals surface area (Å²) in [4.78, 5) is 0. The molecule has 1 aliphatic carbocycles. The summed E-state index contributed by atoms with van der Waals surface area (Å²) in [5.74, 6) is 2.67. The van der Waals surface area contributed by atoms with Crippen LogP contribution in [0.3, 0.4) is 0 Å². The van der Waals surface area contributed by atoms with Crippen LogP contribution in [0.2, 0.25) is 0 Å². The van der Waals surface area contributed by atoms with Crippen molar-refractivity contribution in [1.29, 1.82) is 0 Å². The van der Waals surface area contributed by atoms with Crippen molar-refractivity contribution in [2.24, 2.45) is 17.8 Å². The molecule has 0 aromatic carbocycles. The summed E-state index contributed by atoms with van der Waals surface area (Å²) in [5.41, 5.74) is 0. The fourth-order valence-corrected chi connectivity index (χ4v) is 2.13. The summed E-state index contributed by atoms with van der Waals surface area (Å²) in [7, 11) is 0. The zero-order valence-electron chi connectivity index (χ0n) is 7.97. The second-order valence-corrected chi connectivity index (χ2v) is 4.52. The van der Waals surface area contributed by atoms with Crippen molar-refractivity contribution in [3.8, 4) is 0 Å². The van der Waals surface area contributed by atoms with Gasteiger partial charge in [0.15, 0.2) is 0 Å². The highest BCUT2D eigenvalue weighted by Crippen LogP contribution is 2.31. The molecule has 0 bridgehead atoms. The lowest BCUT2D eigenvalue weighted by Crippen LogP contribution is -2.14. The normalized spacial score (nSPS) is 32.7. The van der Waals surface area contributed by atoms with Gasteiger partial charge in [0.2, 0.25) is 0 Å². The molecule has 65 valence electrons. The molecule has 0 spiro atoms. The van der Waals surface area contributed by atoms with Gasteiger partial charge in [-0.25, -0.2) is 0 Å². The molecule has 0 amide bonds. The molecule has 1 rings (SSSR count). The van der Waals surface area contributed by atoms with Gasteiger partial charge in [0.25, 0.3) is 0 Å². The van der Waals surface area contributed by atoms with E-state index in [0.717, 1.165) is 17.8 Å². The minimum Gasteiger partial charge on any atom is -0.0628 e. The van der Waals surface area contributed by atoms with Crippen LogP contribution in [0.4, 0.5) is 0 Å². The molecular weight excluding hydrogens is 132 g/mol. The largest absolute Gasteiger partial charge is 0.0628 e. The molecule has 1 saturated carbocycles. The Hall–Kier alpha value is 0. The van der Waals surface area contributed by atoms with Crippen LogP contribution in [-0.2, 0) is 0 Å². The molecule has 1 radical (unpaired) electrons. The third kappa shape index (κ3) is 3.27. The van der Waals surface area contributed by atoms with Crippen molar-refractivity contribution in [1.82, 2.24) is 0 Å². The van der Waals surface area contributed by atoms with Crippen molar-refractivity contribution in [3.05, 3.63) is 6.92 Å². The smallest absolute Gasteiger partial charge is 0.0412 e. The van der Waals surface area contributed by atoms with Gasteiger partial charge in [0.1, 0.15) is 0 Å². The first kappa shape index (κ1) is 9.09. The third-order valence-corrected chi connectivity index (χ3v) is 2.77. The Morgan fingerprint density at radius 2 is 1.73 bits per heavy atom. The molecule has 0 nitrogen and oxygen atoms in total. The van der Waals surface area contributed by atoms with Gasteiger partial charge in [-0.1, -0.05) is 46.5 Å². The lowest BCUT2D eigenvalue weighted by molar-refractivity contribution is 0.270. The Kier molecular flexibility index (Phi) is 3.42. The molecule has 0 N–H and O–H groups in total. The van der Waals surface area contributed by atoms with Crippen LogP contribution < -0.4 is 0 Å². The second-order valence-electron chi connectivity index (χ2n) is 4.52. The Balaban J connectivity index is 2.17. The second kappa shape index (κ2) is 4.13. The van der Waals surface area contributed by atoms with Crippen molar-refractivity contribution in [3.63, 3.8) is 0 Å². The molecule has 11 heavy (non-hydrogen) atoms. The van der Waals surface area contributed by atoms with Crippen molar-refractivity contribution in [2.75, 3.05) is 0 Å². The van der Waals surface area contributed by atoms with E-state index in [1.807, 2.05) is 0 Å². The molecule has 0 aromatic heterocycles. The molecule has 0 saturated heterocycles. The predicted molar refractivity (Wildman–Crippen MR) is 50.3 cm³/mol. The highest BCUT2D eigenvalue weighted by atomic mass is 14.2.